The molecule has 2 rings (SSSR count). The number of rotatable bonds is 4. The van der Waals surface area contributed by atoms with Crippen LogP contribution in [0.15, 0.2) is 28.7 Å². The number of hydrogen-bond donors (Lipinski definition) is 0. The average molecular weight is 285 g/mol. The van der Waals surface area contributed by atoms with Crippen molar-refractivity contribution in [2.24, 2.45) is 11.8 Å². The number of ether oxygens (including phenoxy) is 2. The van der Waals surface area contributed by atoms with Crippen LogP contribution < -0.4 is 4.74 Å². The summed E-state index contributed by atoms with van der Waals surface area (Å²) in [4.78, 5) is 11.2. The molecule has 0 heterocycles. The molecule has 16 heavy (non-hydrogen) atoms. The summed E-state index contributed by atoms with van der Waals surface area (Å²) in [6.45, 7) is 0.585. The van der Waals surface area contributed by atoms with Crippen LogP contribution in [0.1, 0.15) is 6.42 Å². The van der Waals surface area contributed by atoms with Crippen molar-refractivity contribution in [2.75, 3.05) is 13.7 Å². The van der Waals surface area contributed by atoms with Gasteiger partial charge in [-0.15, -0.1) is 0 Å². The van der Waals surface area contributed by atoms with Gasteiger partial charge in [0, 0.05) is 10.4 Å². The molecule has 0 aromatic heterocycles. The van der Waals surface area contributed by atoms with Gasteiger partial charge in [-0.2, -0.15) is 0 Å². The van der Waals surface area contributed by atoms with Crippen molar-refractivity contribution in [2.45, 2.75) is 6.42 Å². The zero-order valence-electron chi connectivity index (χ0n) is 8.98. The van der Waals surface area contributed by atoms with Crippen LogP contribution in [0.25, 0.3) is 0 Å². The highest BCUT2D eigenvalue weighted by Gasteiger charge is 2.44. The maximum atomic E-state index is 11.2. The largest absolute Gasteiger partial charge is 0.493 e. The van der Waals surface area contributed by atoms with Crippen LogP contribution in [0.2, 0.25) is 0 Å². The van der Waals surface area contributed by atoms with E-state index in [1.54, 1.807) is 0 Å². The van der Waals surface area contributed by atoms with Gasteiger partial charge in [0.1, 0.15) is 5.75 Å². The molecule has 4 heteroatoms. The third-order valence-corrected chi connectivity index (χ3v) is 3.23. The van der Waals surface area contributed by atoms with Gasteiger partial charge in [-0.3, -0.25) is 4.79 Å². The first kappa shape index (κ1) is 11.5. The molecule has 1 aliphatic rings. The Labute approximate surface area is 103 Å². The van der Waals surface area contributed by atoms with Crippen LogP contribution in [0.5, 0.6) is 5.75 Å². The van der Waals surface area contributed by atoms with E-state index in [0.29, 0.717) is 12.5 Å². The van der Waals surface area contributed by atoms with Gasteiger partial charge in [0.05, 0.1) is 19.6 Å². The fraction of sp³-hybridized carbons (Fsp3) is 0.417. The first-order valence-corrected chi connectivity index (χ1v) is 5.96. The van der Waals surface area contributed by atoms with Crippen molar-refractivity contribution in [3.63, 3.8) is 0 Å². The van der Waals surface area contributed by atoms with Gasteiger partial charge < -0.3 is 9.47 Å². The number of hydrogen-bond acceptors (Lipinski definition) is 3. The van der Waals surface area contributed by atoms with Crippen LogP contribution >= 0.6 is 15.9 Å². The molecule has 0 N–H and O–H groups in total. The molecule has 0 spiro atoms. The molecule has 0 unspecified atom stereocenters. The molecule has 86 valence electrons. The highest BCUT2D eigenvalue weighted by molar-refractivity contribution is 9.10. The van der Waals surface area contributed by atoms with Gasteiger partial charge in [0.15, 0.2) is 0 Å². The third kappa shape index (κ3) is 2.76. The van der Waals surface area contributed by atoms with E-state index in [1.807, 2.05) is 24.3 Å². The predicted octanol–water partition coefficient (Wildman–Crippen LogP) is 2.64. The zero-order valence-corrected chi connectivity index (χ0v) is 10.6. The molecule has 2 atom stereocenters. The first-order chi connectivity index (χ1) is 7.70. The van der Waals surface area contributed by atoms with E-state index in [9.17, 15) is 4.79 Å². The van der Waals surface area contributed by atoms with Gasteiger partial charge in [-0.1, -0.05) is 15.9 Å². The summed E-state index contributed by atoms with van der Waals surface area (Å²) >= 11 is 3.36. The standard InChI is InChI=1S/C12H13BrO3/c1-15-12(14)11-6-8(11)7-16-10-4-2-9(13)3-5-10/h2-5,8,11H,6-7H2,1H3/t8-,11-/m1/s1. The lowest BCUT2D eigenvalue weighted by atomic mass is 10.3. The SMILES string of the molecule is COC(=O)[C@@H]1C[C@@H]1COc1ccc(Br)cc1. The Hall–Kier alpha value is -1.03. The summed E-state index contributed by atoms with van der Waals surface area (Å²) in [5.41, 5.74) is 0. The summed E-state index contributed by atoms with van der Waals surface area (Å²) < 4.78 is 11.3. The minimum absolute atomic E-state index is 0.0421. The van der Waals surface area contributed by atoms with E-state index in [2.05, 4.69) is 20.7 Å². The minimum atomic E-state index is -0.121. The van der Waals surface area contributed by atoms with Crippen molar-refractivity contribution in [3.05, 3.63) is 28.7 Å². The van der Waals surface area contributed by atoms with Gasteiger partial charge >= 0.3 is 5.97 Å². The van der Waals surface area contributed by atoms with Gasteiger partial charge in [0.25, 0.3) is 0 Å². The Bertz CT molecular complexity index is 374. The van der Waals surface area contributed by atoms with E-state index in [1.165, 1.54) is 7.11 Å². The van der Waals surface area contributed by atoms with Gasteiger partial charge in [-0.05, 0) is 30.7 Å². The second-order valence-electron chi connectivity index (χ2n) is 3.89. The maximum absolute atomic E-state index is 11.2. The highest BCUT2D eigenvalue weighted by atomic mass is 79.9. The van der Waals surface area contributed by atoms with Crippen LogP contribution in [0, 0.1) is 11.8 Å². The summed E-state index contributed by atoms with van der Waals surface area (Å²) in [7, 11) is 1.42. The summed E-state index contributed by atoms with van der Waals surface area (Å²) in [5, 5.41) is 0. The molecule has 1 aromatic carbocycles. The Kier molecular flexibility index (Phi) is 3.49. The average Bonchev–Trinajstić information content (AvgIpc) is 3.07. The second-order valence-corrected chi connectivity index (χ2v) is 4.81. The quantitative estimate of drug-likeness (QED) is 0.798. The van der Waals surface area contributed by atoms with E-state index in [4.69, 9.17) is 4.74 Å². The van der Waals surface area contributed by atoms with Gasteiger partial charge in [-0.25, -0.2) is 0 Å². The molecule has 0 aliphatic heterocycles. The number of methoxy groups -OCH3 is 1. The minimum Gasteiger partial charge on any atom is -0.493 e. The van der Waals surface area contributed by atoms with Crippen molar-refractivity contribution < 1.29 is 14.3 Å². The van der Waals surface area contributed by atoms with Crippen LogP contribution in [-0.2, 0) is 9.53 Å². The number of benzene rings is 1. The highest BCUT2D eigenvalue weighted by Crippen LogP contribution is 2.39. The molecular formula is C12H13BrO3. The van der Waals surface area contributed by atoms with Crippen molar-refractivity contribution >= 4 is 21.9 Å². The van der Waals surface area contributed by atoms with E-state index >= 15 is 0 Å². The van der Waals surface area contributed by atoms with Crippen LogP contribution in [0.3, 0.4) is 0 Å². The van der Waals surface area contributed by atoms with Gasteiger partial charge in [0.2, 0.25) is 0 Å². The molecule has 1 saturated carbocycles. The molecule has 1 aliphatic carbocycles. The molecule has 1 fully saturated rings. The maximum Gasteiger partial charge on any atom is 0.309 e. The van der Waals surface area contributed by atoms with Crippen molar-refractivity contribution in [1.82, 2.24) is 0 Å². The predicted molar refractivity (Wildman–Crippen MR) is 63.3 cm³/mol. The second kappa shape index (κ2) is 4.87. The number of carbonyl (C=O) groups excluding carboxylic acids is 1. The van der Waals surface area contributed by atoms with E-state index in [0.717, 1.165) is 16.6 Å². The Balaban J connectivity index is 1.77. The molecule has 0 amide bonds. The lowest BCUT2D eigenvalue weighted by Gasteiger charge is -2.05. The fourth-order valence-corrected chi connectivity index (χ4v) is 1.87. The van der Waals surface area contributed by atoms with E-state index < -0.39 is 0 Å². The topological polar surface area (TPSA) is 35.5 Å². The summed E-state index contributed by atoms with van der Waals surface area (Å²) in [6.07, 6.45) is 0.878. The third-order valence-electron chi connectivity index (χ3n) is 2.70. The molecular weight excluding hydrogens is 272 g/mol. The fourth-order valence-electron chi connectivity index (χ4n) is 1.61. The molecule has 0 radical (unpaired) electrons. The molecule has 1 aromatic rings. The monoisotopic (exact) mass is 284 g/mol. The summed E-state index contributed by atoms with van der Waals surface area (Å²) in [5.74, 6) is 1.07. The molecule has 0 saturated heterocycles. The molecule has 3 nitrogen and oxygen atoms in total. The smallest absolute Gasteiger partial charge is 0.309 e. The van der Waals surface area contributed by atoms with E-state index in [-0.39, 0.29) is 11.9 Å². The number of esters is 1. The lowest BCUT2D eigenvalue weighted by molar-refractivity contribution is -0.142. The Morgan fingerprint density at radius 1 is 1.44 bits per heavy atom. The first-order valence-electron chi connectivity index (χ1n) is 5.17. The lowest BCUT2D eigenvalue weighted by Crippen LogP contribution is -2.08. The van der Waals surface area contributed by atoms with Crippen LogP contribution in [-0.4, -0.2) is 19.7 Å². The van der Waals surface area contributed by atoms with Crippen LogP contribution in [0.4, 0.5) is 0 Å². The summed E-state index contributed by atoms with van der Waals surface area (Å²) in [6, 6.07) is 7.67. The van der Waals surface area contributed by atoms with Crippen molar-refractivity contribution in [1.29, 1.82) is 0 Å². The molecule has 0 bridgehead atoms. The Morgan fingerprint density at radius 2 is 2.12 bits per heavy atom. The van der Waals surface area contributed by atoms with Crippen molar-refractivity contribution in [3.8, 4) is 5.75 Å². The Morgan fingerprint density at radius 3 is 2.75 bits per heavy atom. The normalized spacial score (nSPS) is 22.6. The number of halogens is 1. The number of carbonyl (C=O) groups is 1. The zero-order chi connectivity index (χ0) is 11.5.